The molecule has 0 radical (unpaired) electrons. The standard InChI is InChI=1S/C18H16F2N4O4S/c1-9(25)13-5-3-10-15(29(27,28)23-13)8-24(2)17(10)18(26)22-14-6-4-12(19)11(7-21)16(14)20/h3-6,8-9,13,23,25H,1-2H3,(H,22,26)/t9-,13+/m0/s1. The quantitative estimate of drug-likeness (QED) is 0.691. The Hall–Kier alpha value is -3.07. The van der Waals surface area contributed by atoms with Crippen molar-refractivity contribution in [1.29, 1.82) is 5.26 Å². The summed E-state index contributed by atoms with van der Waals surface area (Å²) < 4.78 is 56.5. The van der Waals surface area contributed by atoms with E-state index in [4.69, 9.17) is 5.26 Å². The summed E-state index contributed by atoms with van der Waals surface area (Å²) in [5, 5.41) is 20.8. The van der Waals surface area contributed by atoms with Crippen LogP contribution in [0.1, 0.15) is 28.5 Å². The minimum absolute atomic E-state index is 0.0451. The van der Waals surface area contributed by atoms with Gasteiger partial charge in [-0.15, -0.1) is 0 Å². The molecule has 0 spiro atoms. The number of benzene rings is 1. The number of carbonyl (C=O) groups excluding carboxylic acids is 1. The molecule has 1 amide bonds. The third kappa shape index (κ3) is 3.65. The molecule has 2 aromatic rings. The van der Waals surface area contributed by atoms with E-state index in [1.165, 1.54) is 43.0 Å². The Morgan fingerprint density at radius 1 is 1.41 bits per heavy atom. The Morgan fingerprint density at radius 2 is 2.10 bits per heavy atom. The minimum Gasteiger partial charge on any atom is -0.391 e. The van der Waals surface area contributed by atoms with Gasteiger partial charge in [-0.05, 0) is 19.1 Å². The Morgan fingerprint density at radius 3 is 2.72 bits per heavy atom. The lowest BCUT2D eigenvalue weighted by Crippen LogP contribution is -2.39. The van der Waals surface area contributed by atoms with Crippen molar-refractivity contribution in [2.24, 2.45) is 7.05 Å². The zero-order valence-electron chi connectivity index (χ0n) is 15.3. The molecule has 0 aliphatic carbocycles. The van der Waals surface area contributed by atoms with Crippen LogP contribution in [0.5, 0.6) is 0 Å². The van der Waals surface area contributed by atoms with E-state index in [0.29, 0.717) is 0 Å². The largest absolute Gasteiger partial charge is 0.391 e. The summed E-state index contributed by atoms with van der Waals surface area (Å²) in [6.45, 7) is 1.41. The van der Waals surface area contributed by atoms with Gasteiger partial charge < -0.3 is 15.0 Å². The number of sulfonamides is 1. The van der Waals surface area contributed by atoms with Crippen molar-refractivity contribution in [2.45, 2.75) is 24.0 Å². The van der Waals surface area contributed by atoms with Gasteiger partial charge in [-0.3, -0.25) is 4.79 Å². The summed E-state index contributed by atoms with van der Waals surface area (Å²) in [7, 11) is -2.61. The number of hydrogen-bond acceptors (Lipinski definition) is 5. The first-order chi connectivity index (χ1) is 13.6. The number of aliphatic hydroxyl groups is 1. The van der Waals surface area contributed by atoms with Crippen molar-refractivity contribution >= 4 is 27.7 Å². The Kier molecular flexibility index (Phi) is 5.27. The van der Waals surface area contributed by atoms with Crippen molar-refractivity contribution in [3.63, 3.8) is 0 Å². The molecule has 8 nitrogen and oxygen atoms in total. The van der Waals surface area contributed by atoms with Crippen LogP contribution < -0.4 is 10.0 Å². The highest BCUT2D eigenvalue weighted by molar-refractivity contribution is 7.89. The minimum atomic E-state index is -4.05. The number of aromatic nitrogens is 1. The second-order valence-electron chi connectivity index (χ2n) is 6.46. The van der Waals surface area contributed by atoms with Gasteiger partial charge in [0, 0.05) is 18.8 Å². The number of nitrogens with zero attached hydrogens (tertiary/aromatic N) is 2. The van der Waals surface area contributed by atoms with Crippen LogP contribution in [0.15, 0.2) is 29.3 Å². The lowest BCUT2D eigenvalue weighted by molar-refractivity contribution is 0.101. The molecular formula is C18H16F2N4O4S. The fourth-order valence-electron chi connectivity index (χ4n) is 2.95. The molecule has 11 heteroatoms. The number of nitrogens with one attached hydrogen (secondary N) is 2. The molecule has 3 N–H and O–H groups in total. The van der Waals surface area contributed by atoms with Gasteiger partial charge in [-0.25, -0.2) is 21.9 Å². The smallest absolute Gasteiger partial charge is 0.273 e. The average molecular weight is 422 g/mol. The number of hydrogen-bond donors (Lipinski definition) is 3. The number of fused-ring (bicyclic) bond motifs is 1. The molecular weight excluding hydrogens is 406 g/mol. The van der Waals surface area contributed by atoms with Gasteiger partial charge in [0.2, 0.25) is 10.0 Å². The van der Waals surface area contributed by atoms with Crippen LogP contribution in [0.2, 0.25) is 0 Å². The van der Waals surface area contributed by atoms with E-state index in [-0.39, 0.29) is 16.2 Å². The summed E-state index contributed by atoms with van der Waals surface area (Å²) in [5.41, 5.74) is -1.33. The Labute approximate surface area is 165 Å². The fraction of sp³-hybridized carbons (Fsp3) is 0.222. The number of aliphatic hydroxyl groups excluding tert-OH is 1. The van der Waals surface area contributed by atoms with Crippen LogP contribution in [-0.2, 0) is 17.1 Å². The normalized spacial score (nSPS) is 18.4. The third-order valence-corrected chi connectivity index (χ3v) is 5.91. The van der Waals surface area contributed by atoms with Crippen LogP contribution >= 0.6 is 0 Å². The maximum atomic E-state index is 14.3. The van der Waals surface area contributed by atoms with Gasteiger partial charge in [-0.2, -0.15) is 5.26 Å². The molecule has 1 aromatic heterocycles. The predicted octanol–water partition coefficient (Wildman–Crippen LogP) is 1.48. The van der Waals surface area contributed by atoms with Gasteiger partial charge >= 0.3 is 0 Å². The number of nitriles is 1. The molecule has 2 atom stereocenters. The topological polar surface area (TPSA) is 124 Å². The monoisotopic (exact) mass is 422 g/mol. The summed E-state index contributed by atoms with van der Waals surface area (Å²) in [6, 6.07) is 2.28. The Balaban J connectivity index is 2.06. The first-order valence-corrected chi connectivity index (χ1v) is 9.82. The maximum Gasteiger partial charge on any atom is 0.273 e. The van der Waals surface area contributed by atoms with Crippen LogP contribution in [-0.4, -0.2) is 36.1 Å². The SMILES string of the molecule is C[C@H](O)[C@H]1C=Cc2c(cn(C)c2C(=O)Nc2ccc(F)c(C#N)c2F)S(=O)(=O)N1. The van der Waals surface area contributed by atoms with Gasteiger partial charge in [-0.1, -0.05) is 12.2 Å². The first kappa shape index (κ1) is 20.7. The molecule has 0 bridgehead atoms. The van der Waals surface area contributed by atoms with Crippen molar-refractivity contribution < 1.29 is 27.1 Å². The van der Waals surface area contributed by atoms with Crippen LogP contribution in [0.3, 0.4) is 0 Å². The second kappa shape index (κ2) is 7.40. The lowest BCUT2D eigenvalue weighted by atomic mass is 10.1. The number of aryl methyl sites for hydroxylation is 1. The van der Waals surface area contributed by atoms with Crippen LogP contribution in [0, 0.1) is 23.0 Å². The Bertz CT molecular complexity index is 1180. The molecule has 2 heterocycles. The number of anilines is 1. The third-order valence-electron chi connectivity index (χ3n) is 4.42. The van der Waals surface area contributed by atoms with Crippen LogP contribution in [0.4, 0.5) is 14.5 Å². The van der Waals surface area contributed by atoms with E-state index >= 15 is 0 Å². The molecule has 0 saturated carbocycles. The molecule has 1 aliphatic heterocycles. The molecule has 3 rings (SSSR count). The zero-order chi connectivity index (χ0) is 21.5. The van der Waals surface area contributed by atoms with E-state index in [2.05, 4.69) is 10.0 Å². The van der Waals surface area contributed by atoms with Gasteiger partial charge in [0.05, 0.1) is 17.8 Å². The molecule has 1 aromatic carbocycles. The van der Waals surface area contributed by atoms with E-state index in [9.17, 15) is 27.1 Å². The van der Waals surface area contributed by atoms with E-state index in [1.807, 2.05) is 0 Å². The van der Waals surface area contributed by atoms with E-state index in [0.717, 1.165) is 12.1 Å². The lowest BCUT2D eigenvalue weighted by Gasteiger charge is -2.15. The molecule has 1 aliphatic rings. The summed E-state index contributed by atoms with van der Waals surface area (Å²) >= 11 is 0. The molecule has 0 unspecified atom stereocenters. The average Bonchev–Trinajstić information content (AvgIpc) is 2.92. The van der Waals surface area contributed by atoms with Crippen molar-refractivity contribution in [3.05, 3.63) is 52.9 Å². The molecule has 0 fully saturated rings. The van der Waals surface area contributed by atoms with Crippen molar-refractivity contribution in [3.8, 4) is 6.07 Å². The molecule has 152 valence electrons. The van der Waals surface area contributed by atoms with Gasteiger partial charge in [0.15, 0.2) is 5.82 Å². The number of amides is 1. The highest BCUT2D eigenvalue weighted by Gasteiger charge is 2.32. The number of halogens is 2. The van der Waals surface area contributed by atoms with Crippen molar-refractivity contribution in [1.82, 2.24) is 9.29 Å². The van der Waals surface area contributed by atoms with Gasteiger partial charge in [0.25, 0.3) is 5.91 Å². The van der Waals surface area contributed by atoms with E-state index in [1.54, 1.807) is 0 Å². The van der Waals surface area contributed by atoms with E-state index < -0.39 is 51.0 Å². The molecule has 29 heavy (non-hydrogen) atoms. The molecule has 0 saturated heterocycles. The maximum absolute atomic E-state index is 14.3. The number of rotatable bonds is 3. The summed E-state index contributed by atoms with van der Waals surface area (Å²) in [6.07, 6.45) is 2.97. The van der Waals surface area contributed by atoms with Crippen molar-refractivity contribution in [2.75, 3.05) is 5.32 Å². The second-order valence-corrected chi connectivity index (χ2v) is 8.15. The predicted molar refractivity (Wildman–Crippen MR) is 99.3 cm³/mol. The summed E-state index contributed by atoms with van der Waals surface area (Å²) in [4.78, 5) is 12.6. The highest BCUT2D eigenvalue weighted by atomic mass is 32.2. The van der Waals surface area contributed by atoms with Gasteiger partial charge in [0.1, 0.15) is 28.0 Å². The first-order valence-electron chi connectivity index (χ1n) is 8.34. The zero-order valence-corrected chi connectivity index (χ0v) is 16.1. The fourth-order valence-corrected chi connectivity index (χ4v) is 4.46. The summed E-state index contributed by atoms with van der Waals surface area (Å²) in [5.74, 6) is -3.17. The number of carbonyl (C=O) groups is 1. The highest BCUT2D eigenvalue weighted by Crippen LogP contribution is 2.28. The van der Waals surface area contributed by atoms with Crippen LogP contribution in [0.25, 0.3) is 6.08 Å².